The van der Waals surface area contributed by atoms with Crippen LogP contribution in [0.5, 0.6) is 0 Å². The molecule has 0 bridgehead atoms. The molecule has 0 saturated carbocycles. The Hall–Kier alpha value is -2.47. The SMILES string of the molecule is CCN1C(=O)/C(=C/c2ccc(N3CCCC3)o2)SC1=Nc1ccc(C)c(C)c1. The van der Waals surface area contributed by atoms with Crippen molar-refractivity contribution < 1.29 is 9.21 Å². The van der Waals surface area contributed by atoms with Crippen LogP contribution in [0.15, 0.2) is 44.6 Å². The second-order valence-corrected chi connectivity index (χ2v) is 8.20. The van der Waals surface area contributed by atoms with Gasteiger partial charge in [-0.2, -0.15) is 0 Å². The van der Waals surface area contributed by atoms with E-state index in [1.165, 1.54) is 35.7 Å². The molecular formula is C22H25N3O2S. The molecule has 4 rings (SSSR count). The number of anilines is 1. The molecule has 2 aromatic rings. The summed E-state index contributed by atoms with van der Waals surface area (Å²) in [5.41, 5.74) is 3.30. The molecule has 2 saturated heterocycles. The average Bonchev–Trinajstić information content (AvgIpc) is 3.40. The van der Waals surface area contributed by atoms with Crippen LogP contribution in [0.2, 0.25) is 0 Å². The Labute approximate surface area is 170 Å². The highest BCUT2D eigenvalue weighted by molar-refractivity contribution is 8.18. The summed E-state index contributed by atoms with van der Waals surface area (Å²) < 4.78 is 5.95. The van der Waals surface area contributed by atoms with Crippen LogP contribution in [0.4, 0.5) is 11.6 Å². The predicted octanol–water partition coefficient (Wildman–Crippen LogP) is 5.12. The van der Waals surface area contributed by atoms with Gasteiger partial charge in [0.15, 0.2) is 11.1 Å². The highest BCUT2D eigenvalue weighted by Crippen LogP contribution is 2.35. The lowest BCUT2D eigenvalue weighted by atomic mass is 10.1. The maximum atomic E-state index is 12.8. The molecule has 1 aromatic heterocycles. The molecule has 0 unspecified atom stereocenters. The van der Waals surface area contributed by atoms with E-state index in [0.29, 0.717) is 22.4 Å². The van der Waals surface area contributed by atoms with Crippen molar-refractivity contribution in [3.05, 3.63) is 52.1 Å². The van der Waals surface area contributed by atoms with Crippen molar-refractivity contribution in [1.29, 1.82) is 0 Å². The minimum atomic E-state index is -0.0193. The summed E-state index contributed by atoms with van der Waals surface area (Å²) in [6, 6.07) is 10.0. The molecule has 3 heterocycles. The molecule has 28 heavy (non-hydrogen) atoms. The topological polar surface area (TPSA) is 49.1 Å². The van der Waals surface area contributed by atoms with Gasteiger partial charge in [-0.15, -0.1) is 0 Å². The lowest BCUT2D eigenvalue weighted by Crippen LogP contribution is -2.28. The fourth-order valence-electron chi connectivity index (χ4n) is 3.43. The fraction of sp³-hybridized carbons (Fsp3) is 0.364. The Bertz CT molecular complexity index is 954. The van der Waals surface area contributed by atoms with Crippen LogP contribution < -0.4 is 4.90 Å². The van der Waals surface area contributed by atoms with Gasteiger partial charge < -0.3 is 9.32 Å². The van der Waals surface area contributed by atoms with Crippen molar-refractivity contribution in [2.75, 3.05) is 24.5 Å². The zero-order valence-electron chi connectivity index (χ0n) is 16.6. The van der Waals surface area contributed by atoms with Gasteiger partial charge in [0, 0.05) is 31.8 Å². The first kappa shape index (κ1) is 18.9. The van der Waals surface area contributed by atoms with E-state index in [1.54, 1.807) is 4.90 Å². The molecule has 0 aliphatic carbocycles. The minimum absolute atomic E-state index is 0.0193. The summed E-state index contributed by atoms with van der Waals surface area (Å²) in [5, 5.41) is 0.716. The van der Waals surface area contributed by atoms with Gasteiger partial charge >= 0.3 is 0 Å². The number of hydrogen-bond donors (Lipinski definition) is 0. The van der Waals surface area contributed by atoms with Gasteiger partial charge in [-0.1, -0.05) is 6.07 Å². The number of rotatable bonds is 4. The van der Waals surface area contributed by atoms with E-state index < -0.39 is 0 Å². The molecule has 0 radical (unpaired) electrons. The van der Waals surface area contributed by atoms with Gasteiger partial charge in [0.05, 0.1) is 10.6 Å². The summed E-state index contributed by atoms with van der Waals surface area (Å²) in [4.78, 5) is 22.2. The molecule has 0 atom stereocenters. The lowest BCUT2D eigenvalue weighted by Gasteiger charge is -2.12. The van der Waals surface area contributed by atoms with Crippen molar-refractivity contribution in [2.24, 2.45) is 4.99 Å². The van der Waals surface area contributed by atoms with Crippen LogP contribution in [0.25, 0.3) is 6.08 Å². The Balaban J connectivity index is 1.58. The number of benzene rings is 1. The van der Waals surface area contributed by atoms with Crippen LogP contribution >= 0.6 is 11.8 Å². The van der Waals surface area contributed by atoms with Gasteiger partial charge in [-0.3, -0.25) is 9.69 Å². The van der Waals surface area contributed by atoms with Crippen molar-refractivity contribution in [1.82, 2.24) is 4.90 Å². The highest BCUT2D eigenvalue weighted by Gasteiger charge is 2.32. The number of carbonyl (C=O) groups is 1. The third-order valence-electron chi connectivity index (χ3n) is 5.22. The standard InChI is InChI=1S/C22H25N3O2S/c1-4-25-21(26)19(14-18-9-10-20(27-18)24-11-5-6-12-24)28-22(25)23-17-8-7-15(2)16(3)13-17/h7-10,13-14H,4-6,11-12H2,1-3H3/b19-14-,23-22?. The van der Waals surface area contributed by atoms with Crippen molar-refractivity contribution in [3.8, 4) is 0 Å². The van der Waals surface area contributed by atoms with Crippen molar-refractivity contribution in [2.45, 2.75) is 33.6 Å². The number of amides is 1. The summed E-state index contributed by atoms with van der Waals surface area (Å²) in [6.45, 7) is 8.78. The molecule has 2 fully saturated rings. The Morgan fingerprint density at radius 1 is 1.14 bits per heavy atom. The Kier molecular flexibility index (Phi) is 5.31. The molecule has 0 spiro atoms. The van der Waals surface area contributed by atoms with E-state index in [0.717, 1.165) is 24.7 Å². The summed E-state index contributed by atoms with van der Waals surface area (Å²) >= 11 is 1.41. The number of carbonyl (C=O) groups excluding carboxylic acids is 1. The normalized spacial score (nSPS) is 20.2. The number of thioether (sulfide) groups is 1. The number of furan rings is 1. The fourth-order valence-corrected chi connectivity index (χ4v) is 4.47. The molecule has 6 heteroatoms. The van der Waals surface area contributed by atoms with Gasteiger partial charge in [0.25, 0.3) is 5.91 Å². The maximum absolute atomic E-state index is 12.8. The number of aliphatic imine (C=N–C) groups is 1. The molecular weight excluding hydrogens is 370 g/mol. The van der Waals surface area contributed by atoms with Crippen LogP contribution in [0.1, 0.15) is 36.7 Å². The summed E-state index contributed by atoms with van der Waals surface area (Å²) in [5.74, 6) is 1.58. The third kappa shape index (κ3) is 3.74. The van der Waals surface area contributed by atoms with Crippen LogP contribution in [-0.4, -0.2) is 35.6 Å². The molecule has 5 nitrogen and oxygen atoms in total. The van der Waals surface area contributed by atoms with Crippen molar-refractivity contribution in [3.63, 3.8) is 0 Å². The molecule has 0 N–H and O–H groups in total. The van der Waals surface area contributed by atoms with E-state index in [2.05, 4.69) is 30.9 Å². The summed E-state index contributed by atoms with van der Waals surface area (Å²) in [6.07, 6.45) is 4.24. The van der Waals surface area contributed by atoms with E-state index >= 15 is 0 Å². The van der Waals surface area contributed by atoms with Gasteiger partial charge in [0.2, 0.25) is 0 Å². The maximum Gasteiger partial charge on any atom is 0.266 e. The Morgan fingerprint density at radius 2 is 1.93 bits per heavy atom. The monoisotopic (exact) mass is 395 g/mol. The van der Waals surface area contributed by atoms with Crippen molar-refractivity contribution >= 4 is 40.5 Å². The number of hydrogen-bond acceptors (Lipinski definition) is 5. The van der Waals surface area contributed by atoms with Crippen LogP contribution in [0, 0.1) is 13.8 Å². The van der Waals surface area contributed by atoms with Gasteiger partial charge in [0.1, 0.15) is 5.76 Å². The largest absolute Gasteiger partial charge is 0.441 e. The number of likely N-dealkylation sites (N-methyl/N-ethyl adjacent to an activating group) is 1. The van der Waals surface area contributed by atoms with Gasteiger partial charge in [-0.05, 0) is 74.7 Å². The highest BCUT2D eigenvalue weighted by atomic mass is 32.2. The first-order chi connectivity index (χ1) is 13.5. The third-order valence-corrected chi connectivity index (χ3v) is 6.23. The van der Waals surface area contributed by atoms with Gasteiger partial charge in [-0.25, -0.2) is 4.99 Å². The quantitative estimate of drug-likeness (QED) is 0.674. The molecule has 1 amide bonds. The number of nitrogens with zero attached hydrogens (tertiary/aromatic N) is 3. The smallest absolute Gasteiger partial charge is 0.266 e. The molecule has 146 valence electrons. The first-order valence-corrected chi connectivity index (χ1v) is 10.6. The minimum Gasteiger partial charge on any atom is -0.441 e. The second-order valence-electron chi connectivity index (χ2n) is 7.19. The Morgan fingerprint density at radius 3 is 2.64 bits per heavy atom. The number of aryl methyl sites for hydroxylation is 2. The van der Waals surface area contributed by atoms with E-state index in [-0.39, 0.29) is 5.91 Å². The van der Waals surface area contributed by atoms with Crippen LogP contribution in [-0.2, 0) is 4.79 Å². The lowest BCUT2D eigenvalue weighted by molar-refractivity contribution is -0.122. The zero-order valence-corrected chi connectivity index (χ0v) is 17.4. The predicted molar refractivity (Wildman–Crippen MR) is 116 cm³/mol. The second kappa shape index (κ2) is 7.87. The molecule has 2 aliphatic rings. The van der Waals surface area contributed by atoms with Crippen LogP contribution in [0.3, 0.4) is 0 Å². The molecule has 2 aliphatic heterocycles. The summed E-state index contributed by atoms with van der Waals surface area (Å²) in [7, 11) is 0. The molecule has 1 aromatic carbocycles. The first-order valence-electron chi connectivity index (χ1n) is 9.77. The van der Waals surface area contributed by atoms with E-state index in [9.17, 15) is 4.79 Å². The number of amidine groups is 1. The average molecular weight is 396 g/mol. The zero-order chi connectivity index (χ0) is 19.7. The van der Waals surface area contributed by atoms with E-state index in [1.807, 2.05) is 31.2 Å². The van der Waals surface area contributed by atoms with E-state index in [4.69, 9.17) is 9.41 Å².